The Hall–Kier alpha value is -1.31. The van der Waals surface area contributed by atoms with Crippen molar-refractivity contribution in [3.8, 4) is 0 Å². The Kier molecular flexibility index (Phi) is 3.11. The van der Waals surface area contributed by atoms with E-state index in [0.29, 0.717) is 0 Å². The number of nitrogens with one attached hydrogen (secondary N) is 1. The molecule has 1 N–H and O–H groups in total. The van der Waals surface area contributed by atoms with Crippen molar-refractivity contribution in [2.24, 2.45) is 0 Å². The van der Waals surface area contributed by atoms with Crippen LogP contribution in [-0.4, -0.2) is 9.97 Å². The number of H-pyrrole nitrogens is 1. The first-order valence-electron chi connectivity index (χ1n) is 7.29. The summed E-state index contributed by atoms with van der Waals surface area (Å²) in [6.45, 7) is 4.42. The van der Waals surface area contributed by atoms with Crippen LogP contribution >= 0.6 is 0 Å². The SMILES string of the molecule is CCCCc1ncc(C)c2[nH]c3c(c12)CCCC3. The number of hydrogen-bond acceptors (Lipinski definition) is 1. The average molecular weight is 242 g/mol. The molecule has 0 unspecified atom stereocenters. The molecule has 2 nitrogen and oxygen atoms in total. The van der Waals surface area contributed by atoms with Crippen LogP contribution < -0.4 is 0 Å². The van der Waals surface area contributed by atoms with Gasteiger partial charge in [-0.05, 0) is 56.6 Å². The highest BCUT2D eigenvalue weighted by Gasteiger charge is 2.19. The summed E-state index contributed by atoms with van der Waals surface area (Å²) in [4.78, 5) is 8.37. The van der Waals surface area contributed by atoms with Crippen LogP contribution in [0.15, 0.2) is 6.20 Å². The molecule has 1 aliphatic rings. The van der Waals surface area contributed by atoms with Gasteiger partial charge in [0.1, 0.15) is 0 Å². The Morgan fingerprint density at radius 3 is 2.94 bits per heavy atom. The van der Waals surface area contributed by atoms with Gasteiger partial charge in [-0.3, -0.25) is 4.98 Å². The summed E-state index contributed by atoms with van der Waals surface area (Å²) in [6.07, 6.45) is 10.8. The zero-order valence-corrected chi connectivity index (χ0v) is 11.5. The Labute approximate surface area is 109 Å². The number of aromatic nitrogens is 2. The molecule has 0 bridgehead atoms. The molecular formula is C16H22N2. The van der Waals surface area contributed by atoms with E-state index in [-0.39, 0.29) is 0 Å². The summed E-state index contributed by atoms with van der Waals surface area (Å²) < 4.78 is 0. The minimum atomic E-state index is 1.12. The van der Waals surface area contributed by atoms with Gasteiger partial charge in [-0.1, -0.05) is 13.3 Å². The first kappa shape index (κ1) is 11.8. The molecule has 1 aliphatic carbocycles. The maximum Gasteiger partial charge on any atom is 0.0522 e. The quantitative estimate of drug-likeness (QED) is 0.862. The van der Waals surface area contributed by atoms with Gasteiger partial charge in [-0.2, -0.15) is 0 Å². The van der Waals surface area contributed by atoms with Crippen molar-refractivity contribution in [3.63, 3.8) is 0 Å². The van der Waals surface area contributed by atoms with E-state index in [1.54, 1.807) is 5.56 Å². The monoisotopic (exact) mass is 242 g/mol. The van der Waals surface area contributed by atoms with Crippen molar-refractivity contribution < 1.29 is 0 Å². The van der Waals surface area contributed by atoms with Crippen LogP contribution in [0.3, 0.4) is 0 Å². The van der Waals surface area contributed by atoms with Gasteiger partial charge in [0.05, 0.1) is 5.52 Å². The summed E-state index contributed by atoms with van der Waals surface area (Å²) in [5.41, 5.74) is 7.00. The molecule has 0 atom stereocenters. The molecule has 2 heterocycles. The van der Waals surface area contributed by atoms with Gasteiger partial charge in [-0.15, -0.1) is 0 Å². The molecule has 0 radical (unpaired) electrons. The summed E-state index contributed by atoms with van der Waals surface area (Å²) in [5, 5.41) is 1.46. The molecule has 0 fully saturated rings. The van der Waals surface area contributed by atoms with E-state index in [1.807, 2.05) is 6.20 Å². The molecule has 0 spiro atoms. The third-order valence-electron chi connectivity index (χ3n) is 4.16. The predicted molar refractivity (Wildman–Crippen MR) is 76.1 cm³/mol. The lowest BCUT2D eigenvalue weighted by molar-refractivity contribution is 0.679. The lowest BCUT2D eigenvalue weighted by Crippen LogP contribution is -2.01. The van der Waals surface area contributed by atoms with Crippen molar-refractivity contribution in [1.82, 2.24) is 9.97 Å². The van der Waals surface area contributed by atoms with E-state index in [4.69, 9.17) is 4.98 Å². The van der Waals surface area contributed by atoms with E-state index >= 15 is 0 Å². The number of unbranched alkanes of at least 4 members (excludes halogenated alkanes) is 1. The fraction of sp³-hybridized carbons (Fsp3) is 0.562. The summed E-state index contributed by atoms with van der Waals surface area (Å²) in [7, 11) is 0. The number of pyridine rings is 1. The number of aromatic amines is 1. The maximum absolute atomic E-state index is 4.70. The van der Waals surface area contributed by atoms with Gasteiger partial charge in [0.15, 0.2) is 0 Å². The van der Waals surface area contributed by atoms with E-state index < -0.39 is 0 Å². The summed E-state index contributed by atoms with van der Waals surface area (Å²) in [6, 6.07) is 0. The van der Waals surface area contributed by atoms with Crippen molar-refractivity contribution >= 4 is 10.9 Å². The zero-order valence-electron chi connectivity index (χ0n) is 11.5. The maximum atomic E-state index is 4.70. The Morgan fingerprint density at radius 1 is 1.28 bits per heavy atom. The second kappa shape index (κ2) is 4.75. The van der Waals surface area contributed by atoms with Gasteiger partial charge in [0.2, 0.25) is 0 Å². The smallest absolute Gasteiger partial charge is 0.0522 e. The highest BCUT2D eigenvalue weighted by molar-refractivity contribution is 5.89. The Morgan fingerprint density at radius 2 is 2.11 bits per heavy atom. The zero-order chi connectivity index (χ0) is 12.5. The molecule has 96 valence electrons. The number of aryl methyl sites for hydroxylation is 4. The highest BCUT2D eigenvalue weighted by atomic mass is 14.8. The molecule has 0 aliphatic heterocycles. The van der Waals surface area contributed by atoms with Crippen LogP contribution in [0.5, 0.6) is 0 Å². The molecule has 2 aromatic heterocycles. The molecule has 0 saturated carbocycles. The third-order valence-corrected chi connectivity index (χ3v) is 4.16. The average Bonchev–Trinajstić information content (AvgIpc) is 2.79. The second-order valence-electron chi connectivity index (χ2n) is 5.53. The lowest BCUT2D eigenvalue weighted by Gasteiger charge is -2.11. The summed E-state index contributed by atoms with van der Waals surface area (Å²) >= 11 is 0. The van der Waals surface area contributed by atoms with Crippen LogP contribution in [0.1, 0.15) is 55.1 Å². The topological polar surface area (TPSA) is 28.7 Å². The van der Waals surface area contributed by atoms with Gasteiger partial charge >= 0.3 is 0 Å². The van der Waals surface area contributed by atoms with Gasteiger partial charge < -0.3 is 4.98 Å². The van der Waals surface area contributed by atoms with Crippen LogP contribution in [-0.2, 0) is 19.3 Å². The molecule has 0 aromatic carbocycles. The molecule has 0 saturated heterocycles. The van der Waals surface area contributed by atoms with E-state index in [9.17, 15) is 0 Å². The molecule has 3 rings (SSSR count). The van der Waals surface area contributed by atoms with E-state index in [2.05, 4.69) is 18.8 Å². The van der Waals surface area contributed by atoms with Crippen molar-refractivity contribution in [3.05, 3.63) is 28.7 Å². The first-order chi connectivity index (χ1) is 8.81. The molecule has 2 aromatic rings. The van der Waals surface area contributed by atoms with E-state index in [1.165, 1.54) is 66.4 Å². The van der Waals surface area contributed by atoms with Crippen molar-refractivity contribution in [2.75, 3.05) is 0 Å². The molecule has 18 heavy (non-hydrogen) atoms. The lowest BCUT2D eigenvalue weighted by atomic mass is 9.94. The second-order valence-corrected chi connectivity index (χ2v) is 5.53. The molecule has 0 amide bonds. The van der Waals surface area contributed by atoms with Gasteiger partial charge in [-0.25, -0.2) is 0 Å². The fourth-order valence-electron chi connectivity index (χ4n) is 3.14. The van der Waals surface area contributed by atoms with Gasteiger partial charge in [0.25, 0.3) is 0 Å². The van der Waals surface area contributed by atoms with Crippen LogP contribution in [0.2, 0.25) is 0 Å². The first-order valence-corrected chi connectivity index (χ1v) is 7.29. The van der Waals surface area contributed by atoms with Crippen LogP contribution in [0.4, 0.5) is 0 Å². The number of rotatable bonds is 3. The van der Waals surface area contributed by atoms with Crippen LogP contribution in [0, 0.1) is 6.92 Å². The van der Waals surface area contributed by atoms with Crippen molar-refractivity contribution in [2.45, 2.75) is 58.8 Å². The normalized spacial score (nSPS) is 15.0. The number of hydrogen-bond donors (Lipinski definition) is 1. The predicted octanol–water partition coefficient (Wildman–Crippen LogP) is 4.09. The minimum absolute atomic E-state index is 1.12. The Balaban J connectivity index is 2.18. The number of fused-ring (bicyclic) bond motifs is 3. The van der Waals surface area contributed by atoms with Crippen molar-refractivity contribution in [1.29, 1.82) is 0 Å². The van der Waals surface area contributed by atoms with E-state index in [0.717, 1.165) is 6.42 Å². The highest BCUT2D eigenvalue weighted by Crippen LogP contribution is 2.32. The Bertz CT molecular complexity index is 566. The molecular weight excluding hydrogens is 220 g/mol. The third kappa shape index (κ3) is 1.84. The number of nitrogens with zero attached hydrogens (tertiary/aromatic N) is 1. The van der Waals surface area contributed by atoms with Gasteiger partial charge in [0, 0.05) is 23.0 Å². The van der Waals surface area contributed by atoms with Crippen LogP contribution in [0.25, 0.3) is 10.9 Å². The fourth-order valence-corrected chi connectivity index (χ4v) is 3.14. The summed E-state index contributed by atoms with van der Waals surface area (Å²) in [5.74, 6) is 0. The standard InChI is InChI=1S/C16H22N2/c1-3-4-8-14-15-12-7-5-6-9-13(12)18-16(15)11(2)10-17-14/h10,18H,3-9H2,1-2H3. The minimum Gasteiger partial charge on any atom is -0.358 e. The molecule has 2 heteroatoms. The largest absolute Gasteiger partial charge is 0.358 e.